The minimum atomic E-state index is -0.121. The van der Waals surface area contributed by atoms with Crippen LogP contribution in [-0.4, -0.2) is 65.3 Å². The molecule has 1 fully saturated rings. The molecule has 28 heavy (non-hydrogen) atoms. The molecule has 2 aromatic heterocycles. The fourth-order valence-electron chi connectivity index (χ4n) is 3.17. The van der Waals surface area contributed by atoms with Gasteiger partial charge in [0.2, 0.25) is 5.82 Å². The maximum atomic E-state index is 12.0. The van der Waals surface area contributed by atoms with Crippen LogP contribution in [0.3, 0.4) is 0 Å². The number of piperidine rings is 1. The van der Waals surface area contributed by atoms with Crippen LogP contribution in [0.5, 0.6) is 0 Å². The van der Waals surface area contributed by atoms with E-state index in [9.17, 15) is 4.79 Å². The fraction of sp³-hybridized carbons (Fsp3) is 0.556. The SMILES string of the molecule is CCOC(=O)C1CCCN(C(=NC)NCCc2nc(-c3ccco3)n[nH]2)C1.I. The molecule has 0 spiro atoms. The van der Waals surface area contributed by atoms with E-state index in [1.807, 2.05) is 13.0 Å². The highest BCUT2D eigenvalue weighted by Gasteiger charge is 2.28. The Labute approximate surface area is 181 Å². The first-order valence-corrected chi connectivity index (χ1v) is 9.28. The maximum Gasteiger partial charge on any atom is 0.310 e. The lowest BCUT2D eigenvalue weighted by atomic mass is 9.98. The Morgan fingerprint density at radius 2 is 2.39 bits per heavy atom. The van der Waals surface area contributed by atoms with Crippen LogP contribution in [0.1, 0.15) is 25.6 Å². The first kappa shape index (κ1) is 22.2. The van der Waals surface area contributed by atoms with Crippen LogP contribution in [0, 0.1) is 5.92 Å². The Morgan fingerprint density at radius 1 is 1.54 bits per heavy atom. The number of aromatic nitrogens is 3. The second kappa shape index (κ2) is 11.0. The number of esters is 1. The summed E-state index contributed by atoms with van der Waals surface area (Å²) in [4.78, 5) is 22.9. The Kier molecular flexibility index (Phi) is 8.74. The van der Waals surface area contributed by atoms with Gasteiger partial charge in [0.15, 0.2) is 11.7 Å². The molecule has 3 heterocycles. The molecule has 0 bridgehead atoms. The van der Waals surface area contributed by atoms with Gasteiger partial charge in [-0.1, -0.05) is 0 Å². The number of likely N-dealkylation sites (tertiary alicyclic amines) is 1. The van der Waals surface area contributed by atoms with Crippen LogP contribution in [0.4, 0.5) is 0 Å². The molecule has 1 saturated heterocycles. The van der Waals surface area contributed by atoms with Crippen molar-refractivity contribution in [3.05, 3.63) is 24.2 Å². The zero-order chi connectivity index (χ0) is 19.1. The van der Waals surface area contributed by atoms with Crippen molar-refractivity contribution in [2.75, 3.05) is 33.3 Å². The van der Waals surface area contributed by atoms with Crippen molar-refractivity contribution in [1.82, 2.24) is 25.4 Å². The number of carbonyl (C=O) groups excluding carboxylic acids is 1. The molecule has 2 aromatic rings. The maximum absolute atomic E-state index is 12.0. The van der Waals surface area contributed by atoms with Crippen LogP contribution >= 0.6 is 24.0 Å². The van der Waals surface area contributed by atoms with E-state index in [0.717, 1.165) is 31.2 Å². The van der Waals surface area contributed by atoms with E-state index in [4.69, 9.17) is 9.15 Å². The minimum absolute atomic E-state index is 0. The fourth-order valence-corrected chi connectivity index (χ4v) is 3.17. The molecule has 0 aliphatic carbocycles. The van der Waals surface area contributed by atoms with E-state index in [2.05, 4.69) is 30.4 Å². The monoisotopic (exact) mass is 502 g/mol. The average molecular weight is 502 g/mol. The zero-order valence-corrected chi connectivity index (χ0v) is 18.5. The number of rotatable bonds is 6. The largest absolute Gasteiger partial charge is 0.466 e. The zero-order valence-electron chi connectivity index (χ0n) is 16.2. The molecular weight excluding hydrogens is 475 g/mol. The van der Waals surface area contributed by atoms with Crippen molar-refractivity contribution >= 4 is 35.9 Å². The number of furan rings is 1. The number of halogens is 1. The Bertz CT molecular complexity index is 761. The van der Waals surface area contributed by atoms with Gasteiger partial charge in [0.25, 0.3) is 0 Å². The van der Waals surface area contributed by atoms with Crippen LogP contribution in [0.15, 0.2) is 27.8 Å². The van der Waals surface area contributed by atoms with Crippen molar-refractivity contribution in [2.24, 2.45) is 10.9 Å². The molecule has 3 rings (SSSR count). The summed E-state index contributed by atoms with van der Waals surface area (Å²) in [5.74, 6) is 2.53. The van der Waals surface area contributed by atoms with Crippen LogP contribution < -0.4 is 5.32 Å². The first-order valence-electron chi connectivity index (χ1n) is 9.28. The number of ether oxygens (including phenoxy) is 1. The second-order valence-electron chi connectivity index (χ2n) is 6.34. The van der Waals surface area contributed by atoms with E-state index >= 15 is 0 Å². The van der Waals surface area contributed by atoms with Gasteiger partial charge in [0.05, 0.1) is 18.8 Å². The van der Waals surface area contributed by atoms with E-state index in [1.54, 1.807) is 19.4 Å². The number of aromatic amines is 1. The Morgan fingerprint density at radius 3 is 3.11 bits per heavy atom. The van der Waals surface area contributed by atoms with E-state index in [-0.39, 0.29) is 35.9 Å². The highest BCUT2D eigenvalue weighted by atomic mass is 127. The molecular formula is C18H27IN6O3. The summed E-state index contributed by atoms with van der Waals surface area (Å²) in [6.45, 7) is 4.41. The van der Waals surface area contributed by atoms with Crippen molar-refractivity contribution in [1.29, 1.82) is 0 Å². The average Bonchev–Trinajstić information content (AvgIpc) is 3.37. The third kappa shape index (κ3) is 5.69. The Balaban J connectivity index is 0.00000280. The van der Waals surface area contributed by atoms with Gasteiger partial charge < -0.3 is 19.4 Å². The van der Waals surface area contributed by atoms with Crippen molar-refractivity contribution in [3.63, 3.8) is 0 Å². The van der Waals surface area contributed by atoms with Crippen LogP contribution in [0.2, 0.25) is 0 Å². The molecule has 0 aromatic carbocycles. The standard InChI is InChI=1S/C18H26N6O3.HI/c1-3-26-17(25)13-6-4-10-24(12-13)18(19-2)20-9-8-15-21-16(23-22-15)14-7-5-11-27-14;/h5,7,11,13H,3-4,6,8-10,12H2,1-2H3,(H,19,20)(H,21,22,23);1H. The smallest absolute Gasteiger partial charge is 0.310 e. The van der Waals surface area contributed by atoms with Gasteiger partial charge >= 0.3 is 5.97 Å². The molecule has 0 radical (unpaired) electrons. The van der Waals surface area contributed by atoms with Gasteiger partial charge in [-0.3, -0.25) is 14.9 Å². The number of carbonyl (C=O) groups is 1. The molecule has 2 N–H and O–H groups in total. The first-order chi connectivity index (χ1) is 13.2. The lowest BCUT2D eigenvalue weighted by Crippen LogP contribution is -2.48. The molecule has 154 valence electrons. The van der Waals surface area contributed by atoms with Gasteiger partial charge in [-0.05, 0) is 31.9 Å². The molecule has 0 amide bonds. The number of nitrogens with one attached hydrogen (secondary N) is 2. The van der Waals surface area contributed by atoms with Gasteiger partial charge in [-0.2, -0.15) is 5.10 Å². The summed E-state index contributed by atoms with van der Waals surface area (Å²) in [6, 6.07) is 3.63. The number of hydrogen-bond donors (Lipinski definition) is 2. The summed E-state index contributed by atoms with van der Waals surface area (Å²) in [5.41, 5.74) is 0. The van der Waals surface area contributed by atoms with Gasteiger partial charge in [-0.25, -0.2) is 4.98 Å². The van der Waals surface area contributed by atoms with Crippen LogP contribution in [0.25, 0.3) is 11.6 Å². The lowest BCUT2D eigenvalue weighted by Gasteiger charge is -2.33. The number of nitrogens with zero attached hydrogens (tertiary/aromatic N) is 4. The van der Waals surface area contributed by atoms with Crippen molar-refractivity contribution in [3.8, 4) is 11.6 Å². The third-order valence-electron chi connectivity index (χ3n) is 4.47. The number of guanidine groups is 1. The summed E-state index contributed by atoms with van der Waals surface area (Å²) >= 11 is 0. The topological polar surface area (TPSA) is 109 Å². The number of H-pyrrole nitrogens is 1. The predicted molar refractivity (Wildman–Crippen MR) is 115 cm³/mol. The highest BCUT2D eigenvalue weighted by Crippen LogP contribution is 2.18. The Hall–Kier alpha value is -2.11. The highest BCUT2D eigenvalue weighted by molar-refractivity contribution is 14.0. The van der Waals surface area contributed by atoms with E-state index in [1.165, 1.54) is 0 Å². The molecule has 10 heteroatoms. The van der Waals surface area contributed by atoms with Crippen molar-refractivity contribution < 1.29 is 13.9 Å². The predicted octanol–water partition coefficient (Wildman–Crippen LogP) is 2.08. The molecule has 1 aliphatic rings. The molecule has 9 nitrogen and oxygen atoms in total. The van der Waals surface area contributed by atoms with Gasteiger partial charge in [0, 0.05) is 33.1 Å². The lowest BCUT2D eigenvalue weighted by molar-refractivity contribution is -0.149. The summed E-state index contributed by atoms with van der Waals surface area (Å²) < 4.78 is 10.5. The number of aliphatic imine (C=N–C) groups is 1. The van der Waals surface area contributed by atoms with E-state index < -0.39 is 0 Å². The second-order valence-corrected chi connectivity index (χ2v) is 6.34. The van der Waals surface area contributed by atoms with E-state index in [0.29, 0.717) is 37.7 Å². The summed E-state index contributed by atoms with van der Waals surface area (Å²) in [5, 5.41) is 10.4. The normalized spacial score (nSPS) is 17.1. The van der Waals surface area contributed by atoms with Crippen LogP contribution in [-0.2, 0) is 16.0 Å². The summed E-state index contributed by atoms with van der Waals surface area (Å²) in [6.07, 6.45) is 4.07. The molecule has 1 atom stereocenters. The van der Waals surface area contributed by atoms with Gasteiger partial charge in [-0.15, -0.1) is 24.0 Å². The molecule has 1 unspecified atom stereocenters. The van der Waals surface area contributed by atoms with Gasteiger partial charge in [0.1, 0.15) is 5.82 Å². The summed E-state index contributed by atoms with van der Waals surface area (Å²) in [7, 11) is 1.75. The minimum Gasteiger partial charge on any atom is -0.466 e. The quantitative estimate of drug-likeness (QED) is 0.270. The third-order valence-corrected chi connectivity index (χ3v) is 4.47. The molecule has 0 saturated carbocycles. The number of hydrogen-bond acceptors (Lipinski definition) is 6. The van der Waals surface area contributed by atoms with Crippen molar-refractivity contribution in [2.45, 2.75) is 26.2 Å². The molecule has 1 aliphatic heterocycles.